The average Bonchev–Trinajstić information content (AvgIpc) is 2.92. The predicted octanol–water partition coefficient (Wildman–Crippen LogP) is -3.33. The Kier molecular flexibility index (Phi) is 10.9. The molecule has 0 spiro atoms. The smallest absolute Gasteiger partial charge is 0.394 e. The van der Waals surface area contributed by atoms with E-state index in [2.05, 4.69) is 18.3 Å². The molecule has 1 aromatic heterocycles. The number of nitrogens with zero attached hydrogens (tertiary/aromatic N) is 2. The molecule has 8 N–H and O–H groups in total. The van der Waals surface area contributed by atoms with Crippen molar-refractivity contribution in [1.82, 2.24) is 9.55 Å². The monoisotopic (exact) mass is 500 g/mol. The summed E-state index contributed by atoms with van der Waals surface area (Å²) in [5.41, 5.74) is 4.46. The van der Waals surface area contributed by atoms with Crippen molar-refractivity contribution in [2.75, 3.05) is 25.6 Å². The number of rotatable bonds is 10. The van der Waals surface area contributed by atoms with Crippen LogP contribution in [0.1, 0.15) is 6.23 Å². The van der Waals surface area contributed by atoms with E-state index in [1.165, 1.54) is 6.07 Å². The molecule has 1 aliphatic rings. The fraction of sp³-hybridized carbons (Fsp3) is 0.667. The molecule has 7 atom stereocenters. The van der Waals surface area contributed by atoms with Gasteiger partial charge in [0.15, 0.2) is 6.23 Å². The van der Waals surface area contributed by atoms with Crippen LogP contribution in [0.15, 0.2) is 17.1 Å². The summed E-state index contributed by atoms with van der Waals surface area (Å²) < 4.78 is 42.2. The minimum Gasteiger partial charge on any atom is -0.394 e. The van der Waals surface area contributed by atoms with Crippen molar-refractivity contribution < 1.29 is 57.4 Å². The molecule has 0 saturated carbocycles. The van der Waals surface area contributed by atoms with Gasteiger partial charge < -0.3 is 40.7 Å². The topological polar surface area (TPSA) is 253 Å². The Morgan fingerprint density at radius 2 is 1.84 bits per heavy atom. The van der Waals surface area contributed by atoms with Gasteiger partial charge >= 0.3 is 21.3 Å². The summed E-state index contributed by atoms with van der Waals surface area (Å²) in [4.78, 5) is 34.2. The van der Waals surface area contributed by atoms with Gasteiger partial charge in [0.2, 0.25) is 0 Å². The second-order valence-corrected chi connectivity index (χ2v) is 9.08. The van der Waals surface area contributed by atoms with Gasteiger partial charge in [0.05, 0.1) is 19.8 Å². The molecule has 1 radical (unpaired) electrons. The van der Waals surface area contributed by atoms with Crippen LogP contribution in [0.3, 0.4) is 0 Å². The number of aromatic nitrogens is 2. The summed E-state index contributed by atoms with van der Waals surface area (Å²) in [5.74, 6) is -0.0929. The van der Waals surface area contributed by atoms with Crippen molar-refractivity contribution >= 4 is 51.0 Å². The minimum atomic E-state index is -5.24. The number of phosphoric acid groups is 2. The van der Waals surface area contributed by atoms with E-state index in [9.17, 15) is 33.9 Å². The molecule has 31 heavy (non-hydrogen) atoms. The Morgan fingerprint density at radius 1 is 1.23 bits per heavy atom. The van der Waals surface area contributed by atoms with Crippen LogP contribution in [-0.4, -0.2) is 114 Å². The van der Waals surface area contributed by atoms with Crippen LogP contribution in [0.4, 0.5) is 5.82 Å². The molecule has 16 nitrogen and oxygen atoms in total. The Hall–Kier alpha value is -0.260. The van der Waals surface area contributed by atoms with Gasteiger partial charge in [-0.25, -0.2) is 13.9 Å². The molecule has 1 aliphatic heterocycles. The molecular formula is C12H21N3NaO13P2. The molecule has 1 saturated heterocycles. The fourth-order valence-corrected chi connectivity index (χ4v) is 4.41. The average molecular weight is 500 g/mol. The van der Waals surface area contributed by atoms with Gasteiger partial charge in [-0.05, 0) is 6.07 Å². The van der Waals surface area contributed by atoms with Crippen LogP contribution in [0.5, 0.6) is 0 Å². The molecule has 3 unspecified atom stereocenters. The van der Waals surface area contributed by atoms with E-state index in [-0.39, 0.29) is 35.4 Å². The van der Waals surface area contributed by atoms with E-state index in [1.807, 2.05) is 0 Å². The first-order valence-electron chi connectivity index (χ1n) is 8.16. The molecule has 2 heterocycles. The van der Waals surface area contributed by atoms with E-state index < -0.39 is 71.8 Å². The first kappa shape index (κ1) is 28.8. The van der Waals surface area contributed by atoms with Crippen LogP contribution in [0.2, 0.25) is 0 Å². The number of anilines is 1. The molecule has 1 aromatic rings. The zero-order chi connectivity index (χ0) is 22.7. The van der Waals surface area contributed by atoms with E-state index in [0.29, 0.717) is 0 Å². The second-order valence-electron chi connectivity index (χ2n) is 6.04. The molecular weight excluding hydrogens is 479 g/mol. The van der Waals surface area contributed by atoms with Gasteiger partial charge in [-0.1, -0.05) is 0 Å². The van der Waals surface area contributed by atoms with E-state index in [0.717, 1.165) is 10.8 Å². The van der Waals surface area contributed by atoms with Crippen LogP contribution >= 0.6 is 15.6 Å². The number of aliphatic hydroxyl groups excluding tert-OH is 4. The maximum absolute atomic E-state index is 11.8. The summed E-state index contributed by atoms with van der Waals surface area (Å²) >= 11 is 0. The van der Waals surface area contributed by atoms with Gasteiger partial charge in [0.1, 0.15) is 30.2 Å². The molecule has 0 bridgehead atoms. The quantitative estimate of drug-likeness (QED) is 0.122. The molecule has 19 heteroatoms. The van der Waals surface area contributed by atoms with Crippen molar-refractivity contribution in [1.29, 1.82) is 0 Å². The second kappa shape index (κ2) is 11.7. The largest absolute Gasteiger partial charge is 0.481 e. The Morgan fingerprint density at radius 3 is 2.42 bits per heavy atom. The molecule has 1 fully saturated rings. The van der Waals surface area contributed by atoms with Crippen LogP contribution in [0.25, 0.3) is 0 Å². The zero-order valence-corrected chi connectivity index (χ0v) is 19.9. The third kappa shape index (κ3) is 8.23. The summed E-state index contributed by atoms with van der Waals surface area (Å²) in [6, 6.07) is 1.23. The Balaban J connectivity index is 0.00000480. The van der Waals surface area contributed by atoms with Crippen molar-refractivity contribution in [2.24, 2.45) is 0 Å². The number of phosphoric ester groups is 2. The molecule has 173 valence electrons. The number of ether oxygens (including phenoxy) is 1. The molecule has 0 aromatic carbocycles. The van der Waals surface area contributed by atoms with Gasteiger partial charge in [0.25, 0.3) is 0 Å². The zero-order valence-electron chi connectivity index (χ0n) is 16.1. The van der Waals surface area contributed by atoms with Crippen molar-refractivity contribution in [3.8, 4) is 0 Å². The third-order valence-corrected chi connectivity index (χ3v) is 6.31. The van der Waals surface area contributed by atoms with Crippen LogP contribution in [0, 0.1) is 0 Å². The maximum atomic E-state index is 11.8. The van der Waals surface area contributed by atoms with Crippen LogP contribution < -0.4 is 11.4 Å². The van der Waals surface area contributed by atoms with E-state index in [1.54, 1.807) is 0 Å². The molecule has 2 rings (SSSR count). The van der Waals surface area contributed by atoms with Gasteiger partial charge in [-0.2, -0.15) is 9.29 Å². The van der Waals surface area contributed by atoms with Gasteiger partial charge in [-0.15, -0.1) is 0 Å². The Labute approximate surface area is 196 Å². The summed E-state index contributed by atoms with van der Waals surface area (Å²) in [7, 11) is -10.4. The van der Waals surface area contributed by atoms with Crippen molar-refractivity contribution in [3.63, 3.8) is 0 Å². The summed E-state index contributed by atoms with van der Waals surface area (Å²) in [6.07, 6.45) is -6.62. The predicted molar refractivity (Wildman–Crippen MR) is 100 cm³/mol. The number of hydrogen-bond acceptors (Lipinski definition) is 13. The summed E-state index contributed by atoms with van der Waals surface area (Å²) in [5, 5.41) is 37.7. The first-order valence-corrected chi connectivity index (χ1v) is 11.2. The fourth-order valence-electron chi connectivity index (χ4n) is 2.29. The number of nitrogens with two attached hydrogens (primary N) is 1. The summed E-state index contributed by atoms with van der Waals surface area (Å²) in [6.45, 7) is -2.59. The minimum absolute atomic E-state index is 0. The Bertz CT molecular complexity index is 888. The standard InChI is InChI=1S/C12H21N3O13P2.Na/c13-8-1-2-15(12(20)14-8)11-10(19)9(18)7(27-11)5-26-30(23,24)28-29(21,22)25-4-6(17)3-16;/h1-2,6-7,9-11,16-19H,3-5H2,(H,21,22)(H,23,24)(H2,13,14,20);/t6?,7-,9-,10-,11-;/m1./s1. The van der Waals surface area contributed by atoms with Crippen molar-refractivity contribution in [2.45, 2.75) is 30.6 Å². The van der Waals surface area contributed by atoms with Crippen LogP contribution in [-0.2, 0) is 27.2 Å². The van der Waals surface area contributed by atoms with Gasteiger partial charge in [-0.3, -0.25) is 13.6 Å². The first-order chi connectivity index (χ1) is 13.8. The molecule has 0 amide bonds. The number of aliphatic hydroxyl groups is 4. The van der Waals surface area contributed by atoms with Gasteiger partial charge in [0, 0.05) is 35.8 Å². The van der Waals surface area contributed by atoms with E-state index in [4.69, 9.17) is 20.7 Å². The van der Waals surface area contributed by atoms with Crippen molar-refractivity contribution in [3.05, 3.63) is 22.7 Å². The SMILES string of the molecule is Nc1ccn([C@@H]2O[C@H](COP(=O)(O)OP(=O)(O)OCC(O)CO)[C@@H](O)[C@H]2O)c(=O)n1.[Na]. The third-order valence-electron chi connectivity index (χ3n) is 3.71. The number of nitrogen functional groups attached to an aromatic ring is 1. The normalized spacial score (nSPS) is 28.3. The number of hydrogen-bond donors (Lipinski definition) is 7. The molecule has 0 aliphatic carbocycles. The van der Waals surface area contributed by atoms with E-state index >= 15 is 0 Å². The maximum Gasteiger partial charge on any atom is 0.481 e.